The molecule has 3 atom stereocenters. The van der Waals surface area contributed by atoms with Crippen LogP contribution in [-0.2, 0) is 14.4 Å². The standard InChI is InChI=1S/C9H10N2O4S/c1-3(12)4-2-16-8-5(10)7(13)11(8)6(4)9(14)15/h2,5-6,8H,10H2,1H3,(H,14,15)/t5?,6?,8-/m1/s1. The van der Waals surface area contributed by atoms with Gasteiger partial charge in [-0.2, -0.15) is 0 Å². The van der Waals surface area contributed by atoms with E-state index >= 15 is 0 Å². The van der Waals surface area contributed by atoms with Gasteiger partial charge in [-0.3, -0.25) is 9.59 Å². The van der Waals surface area contributed by atoms with E-state index in [4.69, 9.17) is 10.8 Å². The third kappa shape index (κ3) is 1.35. The van der Waals surface area contributed by atoms with Crippen LogP contribution in [0, 0.1) is 0 Å². The van der Waals surface area contributed by atoms with Crippen LogP contribution < -0.4 is 5.73 Å². The zero-order valence-corrected chi connectivity index (χ0v) is 9.23. The predicted molar refractivity (Wildman–Crippen MR) is 56.4 cm³/mol. The molecule has 1 saturated heterocycles. The maximum Gasteiger partial charge on any atom is 0.331 e. The van der Waals surface area contributed by atoms with Gasteiger partial charge >= 0.3 is 5.97 Å². The van der Waals surface area contributed by atoms with E-state index < -0.39 is 24.0 Å². The molecule has 0 saturated carbocycles. The van der Waals surface area contributed by atoms with Crippen LogP contribution in [0.25, 0.3) is 0 Å². The first-order valence-electron chi connectivity index (χ1n) is 4.62. The van der Waals surface area contributed by atoms with Gasteiger partial charge in [0.1, 0.15) is 11.4 Å². The number of fused-ring (bicyclic) bond motifs is 1. The Morgan fingerprint density at radius 3 is 2.69 bits per heavy atom. The number of ketones is 1. The van der Waals surface area contributed by atoms with Crippen molar-refractivity contribution in [2.45, 2.75) is 24.4 Å². The number of carboxylic acid groups (broad SMARTS) is 1. The smallest absolute Gasteiger partial charge is 0.331 e. The summed E-state index contributed by atoms with van der Waals surface area (Å²) < 4.78 is 0. The van der Waals surface area contributed by atoms with Crippen molar-refractivity contribution in [2.24, 2.45) is 5.73 Å². The Kier molecular flexibility index (Phi) is 2.51. The Bertz CT molecular complexity index is 420. The van der Waals surface area contributed by atoms with E-state index in [-0.39, 0.29) is 16.7 Å². The Labute approximate surface area is 95.5 Å². The van der Waals surface area contributed by atoms with E-state index in [0.29, 0.717) is 0 Å². The molecule has 1 fully saturated rings. The lowest BCUT2D eigenvalue weighted by Gasteiger charge is -2.49. The highest BCUT2D eigenvalue weighted by atomic mass is 32.2. The molecule has 0 bridgehead atoms. The average molecular weight is 242 g/mol. The summed E-state index contributed by atoms with van der Waals surface area (Å²) in [7, 11) is 0. The van der Waals surface area contributed by atoms with Gasteiger partial charge in [-0.1, -0.05) is 0 Å². The summed E-state index contributed by atoms with van der Waals surface area (Å²) >= 11 is 1.22. The number of nitrogens with zero attached hydrogens (tertiary/aromatic N) is 1. The van der Waals surface area contributed by atoms with E-state index in [1.54, 1.807) is 0 Å². The fourth-order valence-electron chi connectivity index (χ4n) is 1.82. The minimum absolute atomic E-state index is 0.133. The molecular formula is C9H10N2O4S. The summed E-state index contributed by atoms with van der Waals surface area (Å²) in [5, 5.41) is 10.2. The Balaban J connectivity index is 2.38. The second kappa shape index (κ2) is 3.60. The normalized spacial score (nSPS) is 32.6. The molecule has 0 aliphatic carbocycles. The van der Waals surface area contributed by atoms with Crippen molar-refractivity contribution in [3.8, 4) is 0 Å². The monoisotopic (exact) mass is 242 g/mol. The molecule has 2 rings (SSSR count). The van der Waals surface area contributed by atoms with Gasteiger partial charge in [-0.25, -0.2) is 4.79 Å². The lowest BCUT2D eigenvalue weighted by molar-refractivity contribution is -0.158. The third-order valence-electron chi connectivity index (χ3n) is 2.67. The number of carbonyl (C=O) groups is 3. The van der Waals surface area contributed by atoms with Gasteiger partial charge < -0.3 is 15.7 Å². The first-order valence-corrected chi connectivity index (χ1v) is 5.56. The molecular weight excluding hydrogens is 232 g/mol. The molecule has 0 spiro atoms. The highest BCUT2D eigenvalue weighted by molar-refractivity contribution is 8.03. The summed E-state index contributed by atoms with van der Waals surface area (Å²) in [6, 6.07) is -1.85. The molecule has 0 aromatic rings. The molecule has 2 unspecified atom stereocenters. The first-order chi connectivity index (χ1) is 7.45. The van der Waals surface area contributed by atoms with Crippen LogP contribution in [0.15, 0.2) is 11.0 Å². The molecule has 2 aliphatic heterocycles. The summed E-state index contributed by atoms with van der Waals surface area (Å²) in [5.41, 5.74) is 5.67. The highest BCUT2D eigenvalue weighted by Gasteiger charge is 2.54. The number of aliphatic carboxylic acids is 1. The number of hydrogen-bond donors (Lipinski definition) is 2. The molecule has 1 amide bonds. The van der Waals surface area contributed by atoms with Crippen molar-refractivity contribution >= 4 is 29.4 Å². The molecule has 16 heavy (non-hydrogen) atoms. The number of amides is 1. The number of β-lactam (4-membered cyclic amide) rings is 1. The molecule has 6 nitrogen and oxygen atoms in total. The minimum Gasteiger partial charge on any atom is -0.479 e. The van der Waals surface area contributed by atoms with Crippen molar-refractivity contribution in [1.29, 1.82) is 0 Å². The minimum atomic E-state index is -1.20. The Morgan fingerprint density at radius 2 is 2.19 bits per heavy atom. The van der Waals surface area contributed by atoms with Gasteiger partial charge in [0.05, 0.1) is 0 Å². The van der Waals surface area contributed by atoms with Crippen molar-refractivity contribution in [1.82, 2.24) is 4.90 Å². The van der Waals surface area contributed by atoms with E-state index in [9.17, 15) is 14.4 Å². The number of hydrogen-bond acceptors (Lipinski definition) is 5. The largest absolute Gasteiger partial charge is 0.479 e. The highest BCUT2D eigenvalue weighted by Crippen LogP contribution is 2.39. The van der Waals surface area contributed by atoms with Crippen LogP contribution in [0.4, 0.5) is 0 Å². The van der Waals surface area contributed by atoms with Crippen molar-refractivity contribution in [3.63, 3.8) is 0 Å². The Hall–Kier alpha value is -1.34. The second-order valence-electron chi connectivity index (χ2n) is 3.67. The Morgan fingerprint density at radius 1 is 1.56 bits per heavy atom. The fourth-order valence-corrected chi connectivity index (χ4v) is 3.04. The number of rotatable bonds is 2. The molecule has 0 aromatic heterocycles. The van der Waals surface area contributed by atoms with Crippen LogP contribution in [0.3, 0.4) is 0 Å². The zero-order chi connectivity index (χ0) is 12.0. The van der Waals surface area contributed by atoms with Gasteiger partial charge in [-0.15, -0.1) is 11.8 Å². The molecule has 86 valence electrons. The first kappa shape index (κ1) is 11.2. The topological polar surface area (TPSA) is 101 Å². The summed E-state index contributed by atoms with van der Waals surface area (Å²) in [6.07, 6.45) is 0. The van der Waals surface area contributed by atoms with Crippen molar-refractivity contribution < 1.29 is 19.5 Å². The summed E-state index contributed by atoms with van der Waals surface area (Å²) in [5.74, 6) is -1.96. The summed E-state index contributed by atoms with van der Waals surface area (Å²) in [6.45, 7) is 1.28. The van der Waals surface area contributed by atoms with Gasteiger partial charge in [-0.05, 0) is 12.3 Å². The zero-order valence-electron chi connectivity index (χ0n) is 8.41. The number of carbonyl (C=O) groups excluding carboxylic acids is 2. The van der Waals surface area contributed by atoms with Gasteiger partial charge in [0.15, 0.2) is 11.8 Å². The summed E-state index contributed by atoms with van der Waals surface area (Å²) in [4.78, 5) is 35.0. The van der Waals surface area contributed by atoms with Crippen LogP contribution in [0.5, 0.6) is 0 Å². The maximum absolute atomic E-state index is 11.5. The molecule has 2 aliphatic rings. The van der Waals surface area contributed by atoms with Gasteiger partial charge in [0.2, 0.25) is 5.91 Å². The number of Topliss-reactive ketones (excluding diaryl/α,β-unsaturated/α-hetero) is 1. The molecule has 0 aromatic carbocycles. The van der Waals surface area contributed by atoms with Crippen LogP contribution in [0.1, 0.15) is 6.92 Å². The van der Waals surface area contributed by atoms with Crippen molar-refractivity contribution in [2.75, 3.05) is 0 Å². The molecule has 0 radical (unpaired) electrons. The van der Waals surface area contributed by atoms with E-state index in [2.05, 4.69) is 0 Å². The number of thioether (sulfide) groups is 1. The maximum atomic E-state index is 11.5. The van der Waals surface area contributed by atoms with Crippen LogP contribution in [-0.4, -0.2) is 45.1 Å². The molecule has 2 heterocycles. The fraction of sp³-hybridized carbons (Fsp3) is 0.444. The van der Waals surface area contributed by atoms with E-state index in [1.165, 1.54) is 24.1 Å². The van der Waals surface area contributed by atoms with Crippen LogP contribution >= 0.6 is 11.8 Å². The number of carboxylic acids is 1. The van der Waals surface area contributed by atoms with E-state index in [1.807, 2.05) is 0 Å². The van der Waals surface area contributed by atoms with Crippen LogP contribution in [0.2, 0.25) is 0 Å². The number of nitrogens with two attached hydrogens (primary N) is 1. The van der Waals surface area contributed by atoms with Gasteiger partial charge in [0, 0.05) is 5.57 Å². The second-order valence-corrected chi connectivity index (χ2v) is 4.66. The third-order valence-corrected chi connectivity index (χ3v) is 3.86. The van der Waals surface area contributed by atoms with E-state index in [0.717, 1.165) is 4.90 Å². The lowest BCUT2D eigenvalue weighted by atomic mass is 9.97. The van der Waals surface area contributed by atoms with Gasteiger partial charge in [0.25, 0.3) is 0 Å². The predicted octanol–water partition coefficient (Wildman–Crippen LogP) is -0.845. The lowest BCUT2D eigenvalue weighted by Crippen LogP contribution is -2.72. The molecule has 7 heteroatoms. The molecule has 3 N–H and O–H groups in total. The SMILES string of the molecule is CC(=O)C1=CS[C@@H]2C(N)C(=O)N2C1C(=O)O. The van der Waals surface area contributed by atoms with Crippen molar-refractivity contribution in [3.05, 3.63) is 11.0 Å². The average Bonchev–Trinajstić information content (AvgIpc) is 2.25. The quantitative estimate of drug-likeness (QED) is 0.612.